The van der Waals surface area contributed by atoms with Gasteiger partial charge in [-0.15, -0.1) is 0 Å². The van der Waals surface area contributed by atoms with Crippen molar-refractivity contribution in [1.29, 1.82) is 0 Å². The van der Waals surface area contributed by atoms with Crippen molar-refractivity contribution in [3.05, 3.63) is 59.2 Å². The van der Waals surface area contributed by atoms with Gasteiger partial charge < -0.3 is 14.8 Å². The van der Waals surface area contributed by atoms with Gasteiger partial charge in [0.05, 0.1) is 7.11 Å². The number of ether oxygens (including phenoxy) is 2. The number of nitrogens with one attached hydrogen (secondary N) is 1. The molecule has 0 unspecified atom stereocenters. The number of rotatable bonds is 6. The van der Waals surface area contributed by atoms with Crippen molar-refractivity contribution >= 4 is 5.91 Å². The van der Waals surface area contributed by atoms with Crippen molar-refractivity contribution in [3.8, 4) is 11.5 Å². The Morgan fingerprint density at radius 3 is 2.52 bits per heavy atom. The first-order valence-corrected chi connectivity index (χ1v) is 7.65. The molecule has 0 aliphatic rings. The van der Waals surface area contributed by atoms with Crippen LogP contribution < -0.4 is 14.8 Å². The number of benzene rings is 2. The van der Waals surface area contributed by atoms with Crippen molar-refractivity contribution in [3.63, 3.8) is 0 Å². The first-order valence-electron chi connectivity index (χ1n) is 7.65. The summed E-state index contributed by atoms with van der Waals surface area (Å²) in [6.07, 6.45) is -0.565. The smallest absolute Gasteiger partial charge is 0.261 e. The number of amides is 1. The summed E-state index contributed by atoms with van der Waals surface area (Å²) in [5.74, 6) is 1.35. The van der Waals surface area contributed by atoms with Crippen LogP contribution in [0, 0.1) is 13.8 Å². The molecular formula is C19H23NO3. The summed E-state index contributed by atoms with van der Waals surface area (Å²) in [6.45, 7) is 6.17. The van der Waals surface area contributed by atoms with E-state index in [-0.39, 0.29) is 5.91 Å². The Labute approximate surface area is 137 Å². The Morgan fingerprint density at radius 2 is 1.78 bits per heavy atom. The minimum Gasteiger partial charge on any atom is -0.496 e. The lowest BCUT2D eigenvalue weighted by Gasteiger charge is -2.17. The fraction of sp³-hybridized carbons (Fsp3) is 0.316. The largest absolute Gasteiger partial charge is 0.496 e. The molecule has 0 spiro atoms. The highest BCUT2D eigenvalue weighted by Crippen LogP contribution is 2.22. The molecule has 0 radical (unpaired) electrons. The maximum Gasteiger partial charge on any atom is 0.261 e. The van der Waals surface area contributed by atoms with E-state index in [9.17, 15) is 4.79 Å². The second-order valence-electron chi connectivity index (χ2n) is 5.49. The molecule has 0 saturated heterocycles. The molecule has 0 aliphatic heterocycles. The standard InChI is InChI=1S/C19H23NO3/c1-13-8-7-11-17(14(13)2)23-15(3)19(21)20-12-16-9-5-6-10-18(16)22-4/h5-11,15H,12H2,1-4H3,(H,20,21)/t15-/m0/s1. The van der Waals surface area contributed by atoms with Gasteiger partial charge in [-0.1, -0.05) is 30.3 Å². The van der Waals surface area contributed by atoms with Gasteiger partial charge in [0.25, 0.3) is 5.91 Å². The van der Waals surface area contributed by atoms with Crippen molar-refractivity contribution in [2.24, 2.45) is 0 Å². The summed E-state index contributed by atoms with van der Waals surface area (Å²) in [4.78, 5) is 12.2. The van der Waals surface area contributed by atoms with Crippen LogP contribution in [0.15, 0.2) is 42.5 Å². The summed E-state index contributed by atoms with van der Waals surface area (Å²) in [7, 11) is 1.62. The summed E-state index contributed by atoms with van der Waals surface area (Å²) in [5, 5.41) is 2.88. The lowest BCUT2D eigenvalue weighted by Crippen LogP contribution is -2.36. The highest BCUT2D eigenvalue weighted by atomic mass is 16.5. The molecule has 1 N–H and O–H groups in total. The van der Waals surface area contributed by atoms with E-state index < -0.39 is 6.10 Å². The van der Waals surface area contributed by atoms with Crippen LogP contribution in [0.3, 0.4) is 0 Å². The van der Waals surface area contributed by atoms with Gasteiger partial charge in [0.15, 0.2) is 6.10 Å². The first-order chi connectivity index (χ1) is 11.0. The van der Waals surface area contributed by atoms with Gasteiger partial charge in [0.1, 0.15) is 11.5 Å². The number of carbonyl (C=O) groups is 1. The van der Waals surface area contributed by atoms with Crippen molar-refractivity contribution in [2.45, 2.75) is 33.4 Å². The summed E-state index contributed by atoms with van der Waals surface area (Å²) < 4.78 is 11.1. The van der Waals surface area contributed by atoms with E-state index in [1.807, 2.05) is 56.3 Å². The highest BCUT2D eigenvalue weighted by Gasteiger charge is 2.16. The van der Waals surface area contributed by atoms with Crippen LogP contribution >= 0.6 is 0 Å². The van der Waals surface area contributed by atoms with Gasteiger partial charge in [0, 0.05) is 12.1 Å². The van der Waals surface area contributed by atoms with Crippen LogP contribution in [0.25, 0.3) is 0 Å². The molecular weight excluding hydrogens is 290 g/mol. The molecule has 0 saturated carbocycles. The van der Waals surface area contributed by atoms with Crippen LogP contribution in [0.2, 0.25) is 0 Å². The second kappa shape index (κ2) is 7.68. The van der Waals surface area contributed by atoms with Crippen LogP contribution in [0.4, 0.5) is 0 Å². The van der Waals surface area contributed by atoms with E-state index >= 15 is 0 Å². The van der Waals surface area contributed by atoms with E-state index in [0.29, 0.717) is 6.54 Å². The molecule has 0 aromatic heterocycles. The molecule has 1 atom stereocenters. The molecule has 2 rings (SSSR count). The fourth-order valence-corrected chi connectivity index (χ4v) is 2.27. The van der Waals surface area contributed by atoms with Gasteiger partial charge in [-0.3, -0.25) is 4.79 Å². The molecule has 1 amide bonds. The SMILES string of the molecule is COc1ccccc1CNC(=O)[C@H](C)Oc1cccc(C)c1C. The third-order valence-corrected chi connectivity index (χ3v) is 3.87. The molecule has 2 aromatic rings. The Hall–Kier alpha value is -2.49. The van der Waals surface area contributed by atoms with Crippen LogP contribution in [-0.4, -0.2) is 19.1 Å². The lowest BCUT2D eigenvalue weighted by atomic mass is 10.1. The third kappa shape index (κ3) is 4.25. The van der Waals surface area contributed by atoms with Crippen molar-refractivity contribution < 1.29 is 14.3 Å². The molecule has 4 nitrogen and oxygen atoms in total. The van der Waals surface area contributed by atoms with Crippen molar-refractivity contribution in [1.82, 2.24) is 5.32 Å². The Morgan fingerprint density at radius 1 is 1.09 bits per heavy atom. The Bertz CT molecular complexity index is 682. The van der Waals surface area contributed by atoms with Crippen LogP contribution in [0.5, 0.6) is 11.5 Å². The molecule has 4 heteroatoms. The van der Waals surface area contributed by atoms with E-state index in [4.69, 9.17) is 9.47 Å². The zero-order valence-electron chi connectivity index (χ0n) is 14.1. The lowest BCUT2D eigenvalue weighted by molar-refractivity contribution is -0.127. The Kier molecular flexibility index (Phi) is 5.63. The van der Waals surface area contributed by atoms with Crippen LogP contribution in [-0.2, 0) is 11.3 Å². The van der Waals surface area contributed by atoms with E-state index in [1.165, 1.54) is 0 Å². The second-order valence-corrected chi connectivity index (χ2v) is 5.49. The maximum absolute atomic E-state index is 12.2. The molecule has 0 aliphatic carbocycles. The average molecular weight is 313 g/mol. The summed E-state index contributed by atoms with van der Waals surface area (Å²) in [5.41, 5.74) is 3.13. The highest BCUT2D eigenvalue weighted by molar-refractivity contribution is 5.80. The fourth-order valence-electron chi connectivity index (χ4n) is 2.27. The molecule has 2 aromatic carbocycles. The van der Waals surface area contributed by atoms with Gasteiger partial charge >= 0.3 is 0 Å². The molecule has 23 heavy (non-hydrogen) atoms. The zero-order chi connectivity index (χ0) is 16.8. The topological polar surface area (TPSA) is 47.6 Å². The minimum absolute atomic E-state index is 0.156. The number of para-hydroxylation sites is 1. The van der Waals surface area contributed by atoms with Gasteiger partial charge in [-0.05, 0) is 44.0 Å². The predicted octanol–water partition coefficient (Wildman–Crippen LogP) is 3.40. The number of methoxy groups -OCH3 is 1. The van der Waals surface area contributed by atoms with Crippen LogP contribution in [0.1, 0.15) is 23.6 Å². The average Bonchev–Trinajstić information content (AvgIpc) is 2.57. The zero-order valence-corrected chi connectivity index (χ0v) is 14.1. The Balaban J connectivity index is 1.96. The third-order valence-electron chi connectivity index (χ3n) is 3.87. The number of aryl methyl sites for hydroxylation is 1. The van der Waals surface area contributed by atoms with Gasteiger partial charge in [0.2, 0.25) is 0 Å². The van der Waals surface area contributed by atoms with E-state index in [1.54, 1.807) is 14.0 Å². The number of hydrogen-bond acceptors (Lipinski definition) is 3. The summed E-state index contributed by atoms with van der Waals surface area (Å²) >= 11 is 0. The van der Waals surface area contributed by atoms with Gasteiger partial charge in [-0.2, -0.15) is 0 Å². The van der Waals surface area contributed by atoms with Crippen molar-refractivity contribution in [2.75, 3.05) is 7.11 Å². The van der Waals surface area contributed by atoms with E-state index in [2.05, 4.69) is 5.32 Å². The number of hydrogen-bond donors (Lipinski definition) is 1. The normalized spacial score (nSPS) is 11.7. The minimum atomic E-state index is -0.565. The number of carbonyl (C=O) groups excluding carboxylic acids is 1. The maximum atomic E-state index is 12.2. The van der Waals surface area contributed by atoms with E-state index in [0.717, 1.165) is 28.2 Å². The summed E-state index contributed by atoms with van der Waals surface area (Å²) in [6, 6.07) is 13.4. The predicted molar refractivity (Wildman–Crippen MR) is 90.8 cm³/mol. The monoisotopic (exact) mass is 313 g/mol. The van der Waals surface area contributed by atoms with Gasteiger partial charge in [-0.25, -0.2) is 0 Å². The quantitative estimate of drug-likeness (QED) is 0.889. The molecule has 122 valence electrons. The first kappa shape index (κ1) is 16.9. The molecule has 0 bridgehead atoms. The molecule has 0 fully saturated rings. The molecule has 0 heterocycles.